The van der Waals surface area contributed by atoms with Crippen LogP contribution in [-0.2, 0) is 4.79 Å². The summed E-state index contributed by atoms with van der Waals surface area (Å²) in [6.45, 7) is 0. The summed E-state index contributed by atoms with van der Waals surface area (Å²) in [4.78, 5) is 16.7. The summed E-state index contributed by atoms with van der Waals surface area (Å²) < 4.78 is 0. The maximum Gasteiger partial charge on any atom is 0.225 e. The van der Waals surface area contributed by atoms with Gasteiger partial charge in [0.25, 0.3) is 0 Å². The quantitative estimate of drug-likeness (QED) is 0.851. The number of rotatable bonds is 5. The zero-order valence-electron chi connectivity index (χ0n) is 10.2. The number of carbonyl (C=O) groups is 1. The van der Waals surface area contributed by atoms with Gasteiger partial charge < -0.3 is 5.32 Å². The van der Waals surface area contributed by atoms with Crippen LogP contribution < -0.4 is 5.32 Å². The van der Waals surface area contributed by atoms with Gasteiger partial charge in [0.1, 0.15) is 0 Å². The van der Waals surface area contributed by atoms with E-state index in [1.54, 1.807) is 36.3 Å². The summed E-state index contributed by atoms with van der Waals surface area (Å²) in [5, 5.41) is 3.55. The van der Waals surface area contributed by atoms with Crippen molar-refractivity contribution in [3.8, 4) is 0 Å². The molecule has 0 radical (unpaired) electrons. The molecule has 0 fully saturated rings. The fraction of sp³-hybridized carbons (Fsp3) is 0.143. The smallest absolute Gasteiger partial charge is 0.225 e. The Bertz CT molecular complexity index is 531. The fourth-order valence-electron chi connectivity index (χ4n) is 1.45. The molecule has 0 saturated carbocycles. The molecule has 1 N–H and O–H groups in total. The van der Waals surface area contributed by atoms with Gasteiger partial charge in [-0.15, -0.1) is 11.8 Å². The SMILES string of the molecule is O=C(CCSc1ccc(Cl)cc1)Nc1ccncc1. The summed E-state index contributed by atoms with van der Waals surface area (Å²) in [5.74, 6) is 0.742. The minimum atomic E-state index is 0.00710. The topological polar surface area (TPSA) is 42.0 Å². The molecule has 1 heterocycles. The third-order valence-electron chi connectivity index (χ3n) is 2.38. The van der Waals surface area contributed by atoms with Crippen LogP contribution in [0.4, 0.5) is 5.69 Å². The van der Waals surface area contributed by atoms with Crippen LogP contribution in [0, 0.1) is 0 Å². The summed E-state index contributed by atoms with van der Waals surface area (Å²) in [7, 11) is 0. The van der Waals surface area contributed by atoms with E-state index in [1.165, 1.54) is 0 Å². The third-order valence-corrected chi connectivity index (χ3v) is 3.64. The van der Waals surface area contributed by atoms with Gasteiger partial charge in [0, 0.05) is 40.2 Å². The highest BCUT2D eigenvalue weighted by atomic mass is 35.5. The largest absolute Gasteiger partial charge is 0.326 e. The molecule has 3 nitrogen and oxygen atoms in total. The summed E-state index contributed by atoms with van der Waals surface area (Å²) in [5.41, 5.74) is 0.775. The molecule has 1 amide bonds. The number of benzene rings is 1. The van der Waals surface area contributed by atoms with E-state index in [-0.39, 0.29) is 5.91 Å². The van der Waals surface area contributed by atoms with E-state index in [0.29, 0.717) is 6.42 Å². The first-order chi connectivity index (χ1) is 9.24. The molecule has 0 spiro atoms. The average molecular weight is 293 g/mol. The van der Waals surface area contributed by atoms with E-state index in [2.05, 4.69) is 10.3 Å². The normalized spacial score (nSPS) is 10.2. The third kappa shape index (κ3) is 4.93. The summed E-state index contributed by atoms with van der Waals surface area (Å²) >= 11 is 7.44. The van der Waals surface area contributed by atoms with Crippen LogP contribution in [0.1, 0.15) is 6.42 Å². The van der Waals surface area contributed by atoms with Gasteiger partial charge in [-0.25, -0.2) is 0 Å². The molecule has 5 heteroatoms. The predicted octanol–water partition coefficient (Wildman–Crippen LogP) is 3.86. The van der Waals surface area contributed by atoms with Gasteiger partial charge >= 0.3 is 0 Å². The lowest BCUT2D eigenvalue weighted by molar-refractivity contribution is -0.115. The van der Waals surface area contributed by atoms with Crippen LogP contribution in [0.5, 0.6) is 0 Å². The molecular weight excluding hydrogens is 280 g/mol. The van der Waals surface area contributed by atoms with Crippen LogP contribution in [-0.4, -0.2) is 16.6 Å². The Labute approximate surface area is 121 Å². The second-order valence-electron chi connectivity index (χ2n) is 3.84. The fourth-order valence-corrected chi connectivity index (χ4v) is 2.43. The molecule has 0 saturated heterocycles. The number of aromatic nitrogens is 1. The van der Waals surface area contributed by atoms with E-state index in [1.807, 2.05) is 24.3 Å². The van der Waals surface area contributed by atoms with E-state index in [9.17, 15) is 4.79 Å². The molecule has 2 aromatic rings. The average Bonchev–Trinajstić information content (AvgIpc) is 2.42. The van der Waals surface area contributed by atoms with E-state index < -0.39 is 0 Å². The highest BCUT2D eigenvalue weighted by molar-refractivity contribution is 7.99. The molecule has 0 aliphatic heterocycles. The summed E-state index contributed by atoms with van der Waals surface area (Å²) in [6.07, 6.45) is 3.77. The van der Waals surface area contributed by atoms with E-state index >= 15 is 0 Å². The van der Waals surface area contributed by atoms with Crippen molar-refractivity contribution in [2.24, 2.45) is 0 Å². The standard InChI is InChI=1S/C14H13ClN2OS/c15-11-1-3-13(4-2-11)19-10-7-14(18)17-12-5-8-16-9-6-12/h1-6,8-9H,7,10H2,(H,16,17,18). The molecule has 2 rings (SSSR count). The molecular formula is C14H13ClN2OS. The van der Waals surface area contributed by atoms with Crippen molar-refractivity contribution in [1.29, 1.82) is 0 Å². The van der Waals surface area contributed by atoms with Gasteiger partial charge in [-0.2, -0.15) is 0 Å². The van der Waals surface area contributed by atoms with Crippen molar-refractivity contribution in [1.82, 2.24) is 4.98 Å². The van der Waals surface area contributed by atoms with Gasteiger partial charge in [0.2, 0.25) is 5.91 Å². The van der Waals surface area contributed by atoms with Crippen LogP contribution in [0.2, 0.25) is 5.02 Å². The molecule has 0 aliphatic rings. The number of nitrogens with zero attached hydrogens (tertiary/aromatic N) is 1. The van der Waals surface area contributed by atoms with Crippen molar-refractivity contribution in [2.75, 3.05) is 11.1 Å². The van der Waals surface area contributed by atoms with Crippen LogP contribution in [0.25, 0.3) is 0 Å². The number of carbonyl (C=O) groups excluding carboxylic acids is 1. The van der Waals surface area contributed by atoms with Gasteiger partial charge in [0.15, 0.2) is 0 Å². The number of pyridine rings is 1. The summed E-state index contributed by atoms with van der Waals surface area (Å²) in [6, 6.07) is 11.1. The highest BCUT2D eigenvalue weighted by Crippen LogP contribution is 2.21. The van der Waals surface area contributed by atoms with Crippen molar-refractivity contribution in [3.63, 3.8) is 0 Å². The Hall–Kier alpha value is -1.52. The zero-order valence-corrected chi connectivity index (χ0v) is 11.7. The zero-order chi connectivity index (χ0) is 13.5. The van der Waals surface area contributed by atoms with Crippen LogP contribution in [0.15, 0.2) is 53.7 Å². The van der Waals surface area contributed by atoms with Crippen molar-refractivity contribution < 1.29 is 4.79 Å². The molecule has 19 heavy (non-hydrogen) atoms. The number of nitrogens with one attached hydrogen (secondary N) is 1. The Morgan fingerprint density at radius 1 is 1.16 bits per heavy atom. The minimum Gasteiger partial charge on any atom is -0.326 e. The Morgan fingerprint density at radius 2 is 1.84 bits per heavy atom. The number of halogens is 1. The number of hydrogen-bond donors (Lipinski definition) is 1. The monoisotopic (exact) mass is 292 g/mol. The Balaban J connectivity index is 1.74. The Kier molecular flexibility index (Phi) is 5.24. The van der Waals surface area contributed by atoms with Crippen LogP contribution in [0.3, 0.4) is 0 Å². The highest BCUT2D eigenvalue weighted by Gasteiger charge is 2.02. The molecule has 0 unspecified atom stereocenters. The first kappa shape index (κ1) is 13.9. The first-order valence-corrected chi connectivity index (χ1v) is 7.18. The number of thioether (sulfide) groups is 1. The maximum atomic E-state index is 11.7. The first-order valence-electron chi connectivity index (χ1n) is 5.82. The lowest BCUT2D eigenvalue weighted by Crippen LogP contribution is -2.12. The van der Waals surface area contributed by atoms with Gasteiger partial charge in [-0.3, -0.25) is 9.78 Å². The van der Waals surface area contributed by atoms with Gasteiger partial charge in [-0.1, -0.05) is 11.6 Å². The van der Waals surface area contributed by atoms with E-state index in [0.717, 1.165) is 21.4 Å². The molecule has 1 aromatic heterocycles. The molecule has 1 aromatic carbocycles. The molecule has 98 valence electrons. The maximum absolute atomic E-state index is 11.7. The number of amides is 1. The second-order valence-corrected chi connectivity index (χ2v) is 5.44. The number of anilines is 1. The van der Waals surface area contributed by atoms with Crippen LogP contribution >= 0.6 is 23.4 Å². The molecule has 0 bridgehead atoms. The lowest BCUT2D eigenvalue weighted by atomic mass is 10.4. The minimum absolute atomic E-state index is 0.00710. The van der Waals surface area contributed by atoms with Gasteiger partial charge in [-0.05, 0) is 36.4 Å². The van der Waals surface area contributed by atoms with Crippen molar-refractivity contribution >= 4 is 35.0 Å². The van der Waals surface area contributed by atoms with E-state index in [4.69, 9.17) is 11.6 Å². The van der Waals surface area contributed by atoms with Crippen molar-refractivity contribution in [2.45, 2.75) is 11.3 Å². The Morgan fingerprint density at radius 3 is 2.53 bits per heavy atom. The number of hydrogen-bond acceptors (Lipinski definition) is 3. The van der Waals surface area contributed by atoms with Gasteiger partial charge in [0.05, 0.1) is 0 Å². The predicted molar refractivity (Wildman–Crippen MR) is 79.7 cm³/mol. The second kappa shape index (κ2) is 7.16. The lowest BCUT2D eigenvalue weighted by Gasteiger charge is -2.04. The molecule has 0 atom stereocenters. The van der Waals surface area contributed by atoms with Crippen molar-refractivity contribution in [3.05, 3.63) is 53.8 Å². The molecule has 0 aliphatic carbocycles.